The van der Waals surface area contributed by atoms with Gasteiger partial charge < -0.3 is 15.4 Å². The van der Waals surface area contributed by atoms with Gasteiger partial charge in [-0.05, 0) is 45.0 Å². The van der Waals surface area contributed by atoms with Gasteiger partial charge >= 0.3 is 0 Å². The van der Waals surface area contributed by atoms with Gasteiger partial charge in [0.05, 0.1) is 18.8 Å². The van der Waals surface area contributed by atoms with Crippen molar-refractivity contribution in [1.29, 1.82) is 0 Å². The molecular weight excluding hydrogens is 349 g/mol. The van der Waals surface area contributed by atoms with Crippen LogP contribution < -0.4 is 15.4 Å². The summed E-state index contributed by atoms with van der Waals surface area (Å²) in [6.45, 7) is 4.01. The van der Waals surface area contributed by atoms with E-state index in [1.54, 1.807) is 23.9 Å². The zero-order chi connectivity index (χ0) is 16.9. The zero-order valence-corrected chi connectivity index (χ0v) is 14.7. The summed E-state index contributed by atoms with van der Waals surface area (Å²) in [6, 6.07) is 4.55. The van der Waals surface area contributed by atoms with Gasteiger partial charge in [0.2, 0.25) is 0 Å². The molecule has 3 rings (SSSR count). The van der Waals surface area contributed by atoms with E-state index in [1.807, 2.05) is 0 Å². The minimum atomic E-state index is -0.520. The van der Waals surface area contributed by atoms with Crippen molar-refractivity contribution in [1.82, 2.24) is 20.3 Å². The van der Waals surface area contributed by atoms with E-state index in [4.69, 9.17) is 4.74 Å². The number of amides is 1. The number of nitrogens with zero attached hydrogens (tertiary/aromatic N) is 3. The maximum Gasteiger partial charge on any atom is 0.277 e. The molecule has 9 heteroatoms. The fourth-order valence-corrected chi connectivity index (χ4v) is 2.68. The van der Waals surface area contributed by atoms with Crippen LogP contribution in [0, 0.1) is 5.82 Å². The fraction of sp³-hybridized carbons (Fsp3) is 0.438. The molecule has 0 bridgehead atoms. The fourth-order valence-electron chi connectivity index (χ4n) is 2.68. The molecule has 1 fully saturated rings. The highest BCUT2D eigenvalue weighted by Gasteiger charge is 2.19. The number of hydrogen-bond donors (Lipinski definition) is 2. The molecule has 2 N–H and O–H groups in total. The number of benzene rings is 1. The SMILES string of the molecule is CCOc1ccc(NC(=O)c2cn(C3CCNCC3)nn2)cc1F.Cl. The van der Waals surface area contributed by atoms with Gasteiger partial charge in [-0.15, -0.1) is 17.5 Å². The lowest BCUT2D eigenvalue weighted by Gasteiger charge is -2.22. The molecule has 0 radical (unpaired) electrons. The van der Waals surface area contributed by atoms with Gasteiger partial charge in [0.15, 0.2) is 17.3 Å². The predicted molar refractivity (Wildman–Crippen MR) is 93.9 cm³/mol. The van der Waals surface area contributed by atoms with E-state index in [1.165, 1.54) is 12.1 Å². The molecule has 0 saturated carbocycles. The van der Waals surface area contributed by atoms with Crippen LogP contribution in [0.5, 0.6) is 5.75 Å². The molecule has 25 heavy (non-hydrogen) atoms. The Morgan fingerprint density at radius 3 is 2.88 bits per heavy atom. The van der Waals surface area contributed by atoms with Crippen LogP contribution in [0.15, 0.2) is 24.4 Å². The van der Waals surface area contributed by atoms with Gasteiger partial charge in [-0.1, -0.05) is 5.21 Å². The van der Waals surface area contributed by atoms with E-state index < -0.39 is 11.7 Å². The third kappa shape index (κ3) is 4.67. The molecule has 0 aliphatic carbocycles. The number of aromatic nitrogens is 3. The van der Waals surface area contributed by atoms with Crippen LogP contribution >= 0.6 is 12.4 Å². The van der Waals surface area contributed by atoms with Crippen LogP contribution in [0.2, 0.25) is 0 Å². The van der Waals surface area contributed by atoms with Gasteiger partial charge in [-0.2, -0.15) is 0 Å². The normalized spacial score (nSPS) is 14.6. The Labute approximate surface area is 151 Å². The van der Waals surface area contributed by atoms with Crippen molar-refractivity contribution in [3.8, 4) is 5.75 Å². The van der Waals surface area contributed by atoms with E-state index in [-0.39, 0.29) is 29.9 Å². The second kappa shape index (κ2) is 8.77. The van der Waals surface area contributed by atoms with Gasteiger partial charge in [-0.3, -0.25) is 4.79 Å². The first-order chi connectivity index (χ1) is 11.7. The quantitative estimate of drug-likeness (QED) is 0.846. The highest BCUT2D eigenvalue weighted by Crippen LogP contribution is 2.22. The number of nitrogens with one attached hydrogen (secondary N) is 2. The number of piperidine rings is 1. The van der Waals surface area contributed by atoms with E-state index >= 15 is 0 Å². The van der Waals surface area contributed by atoms with Crippen LogP contribution in [-0.4, -0.2) is 40.6 Å². The Bertz CT molecular complexity index is 718. The number of hydrogen-bond acceptors (Lipinski definition) is 5. The molecule has 0 atom stereocenters. The van der Waals surface area contributed by atoms with Crippen LogP contribution in [0.4, 0.5) is 10.1 Å². The van der Waals surface area contributed by atoms with E-state index in [0.717, 1.165) is 25.9 Å². The molecule has 1 saturated heterocycles. The molecule has 1 amide bonds. The topological polar surface area (TPSA) is 81.1 Å². The molecule has 136 valence electrons. The lowest BCUT2D eigenvalue weighted by Crippen LogP contribution is -2.29. The van der Waals surface area contributed by atoms with Crippen molar-refractivity contribution < 1.29 is 13.9 Å². The Kier molecular flexibility index (Phi) is 6.72. The van der Waals surface area contributed by atoms with Crippen molar-refractivity contribution >= 4 is 24.0 Å². The zero-order valence-electron chi connectivity index (χ0n) is 13.9. The standard InChI is InChI=1S/C16H20FN5O2.ClH/c1-2-24-15-4-3-11(9-13(15)17)19-16(23)14-10-22(21-20-14)12-5-7-18-8-6-12;/h3-4,9-10,12,18H,2,5-8H2,1H3,(H,19,23);1H. The summed E-state index contributed by atoms with van der Waals surface area (Å²) in [7, 11) is 0. The molecule has 7 nitrogen and oxygen atoms in total. The molecule has 1 aliphatic heterocycles. The van der Waals surface area contributed by atoms with Gasteiger partial charge in [0, 0.05) is 11.8 Å². The molecule has 1 aromatic carbocycles. The summed E-state index contributed by atoms with van der Waals surface area (Å²) in [4.78, 5) is 12.2. The number of carbonyl (C=O) groups excluding carboxylic acids is 1. The van der Waals surface area contributed by atoms with Crippen LogP contribution in [-0.2, 0) is 0 Å². The molecule has 0 unspecified atom stereocenters. The molecule has 2 aromatic rings. The minimum absolute atomic E-state index is 0. The van der Waals surface area contributed by atoms with Crippen molar-refractivity contribution in [3.05, 3.63) is 35.9 Å². The van der Waals surface area contributed by atoms with Crippen LogP contribution in [0.3, 0.4) is 0 Å². The molecular formula is C16H21ClFN5O2. The Hall–Kier alpha value is -2.19. The second-order valence-electron chi connectivity index (χ2n) is 5.60. The Morgan fingerprint density at radius 1 is 1.44 bits per heavy atom. The molecule has 2 heterocycles. The van der Waals surface area contributed by atoms with E-state index in [2.05, 4.69) is 20.9 Å². The van der Waals surface area contributed by atoms with E-state index in [9.17, 15) is 9.18 Å². The number of anilines is 1. The smallest absolute Gasteiger partial charge is 0.277 e. The van der Waals surface area contributed by atoms with Crippen LogP contribution in [0.1, 0.15) is 36.3 Å². The molecule has 1 aromatic heterocycles. The van der Waals surface area contributed by atoms with Gasteiger partial charge in [0.25, 0.3) is 5.91 Å². The first kappa shape index (κ1) is 19.1. The Morgan fingerprint density at radius 2 is 2.20 bits per heavy atom. The summed E-state index contributed by atoms with van der Waals surface area (Å²) in [6.07, 6.45) is 3.54. The summed E-state index contributed by atoms with van der Waals surface area (Å²) < 4.78 is 20.7. The van der Waals surface area contributed by atoms with Crippen LogP contribution in [0.25, 0.3) is 0 Å². The van der Waals surface area contributed by atoms with Gasteiger partial charge in [0.1, 0.15) is 0 Å². The maximum absolute atomic E-state index is 13.8. The number of ether oxygens (including phenoxy) is 1. The lowest BCUT2D eigenvalue weighted by atomic mass is 10.1. The number of rotatable bonds is 5. The number of carbonyl (C=O) groups is 1. The van der Waals surface area contributed by atoms with Crippen molar-refractivity contribution in [3.63, 3.8) is 0 Å². The first-order valence-electron chi connectivity index (χ1n) is 8.03. The van der Waals surface area contributed by atoms with Gasteiger partial charge in [-0.25, -0.2) is 9.07 Å². The summed E-state index contributed by atoms with van der Waals surface area (Å²) >= 11 is 0. The predicted octanol–water partition coefficient (Wildman–Crippen LogP) is 2.41. The average Bonchev–Trinajstić information content (AvgIpc) is 3.08. The summed E-state index contributed by atoms with van der Waals surface area (Å²) in [5.41, 5.74) is 0.556. The maximum atomic E-state index is 13.8. The summed E-state index contributed by atoms with van der Waals surface area (Å²) in [5, 5.41) is 13.9. The third-order valence-corrected chi connectivity index (χ3v) is 3.92. The minimum Gasteiger partial charge on any atom is -0.491 e. The average molecular weight is 370 g/mol. The van der Waals surface area contributed by atoms with Crippen molar-refractivity contribution in [2.45, 2.75) is 25.8 Å². The molecule has 0 spiro atoms. The second-order valence-corrected chi connectivity index (χ2v) is 5.60. The highest BCUT2D eigenvalue weighted by molar-refractivity contribution is 6.02. The first-order valence-corrected chi connectivity index (χ1v) is 8.03. The Balaban J connectivity index is 0.00000225. The lowest BCUT2D eigenvalue weighted by molar-refractivity contribution is 0.102. The van der Waals surface area contributed by atoms with E-state index in [0.29, 0.717) is 12.3 Å². The van der Waals surface area contributed by atoms with Crippen molar-refractivity contribution in [2.24, 2.45) is 0 Å². The monoisotopic (exact) mass is 369 g/mol. The largest absolute Gasteiger partial charge is 0.491 e. The summed E-state index contributed by atoms with van der Waals surface area (Å²) in [5.74, 6) is -0.779. The van der Waals surface area contributed by atoms with Crippen molar-refractivity contribution in [2.75, 3.05) is 25.0 Å². The third-order valence-electron chi connectivity index (χ3n) is 3.92. The number of halogens is 2. The highest BCUT2D eigenvalue weighted by atomic mass is 35.5. The molecule has 1 aliphatic rings.